The third-order valence-corrected chi connectivity index (χ3v) is 3.39. The van der Waals surface area contributed by atoms with Crippen LogP contribution in [0.4, 0.5) is 23.2 Å². The molecule has 0 spiro atoms. The van der Waals surface area contributed by atoms with Crippen molar-refractivity contribution in [2.75, 3.05) is 5.32 Å². The smallest absolute Gasteiger partial charge is 0.258 e. The molecule has 1 aromatic carbocycles. The molecule has 0 atom stereocenters. The highest BCUT2D eigenvalue weighted by Gasteiger charge is 2.19. The fraction of sp³-hybridized carbons (Fsp3) is 0.133. The van der Waals surface area contributed by atoms with Gasteiger partial charge in [0.2, 0.25) is 0 Å². The average molecular weight is 353 g/mol. The molecule has 0 radical (unpaired) electrons. The van der Waals surface area contributed by atoms with Gasteiger partial charge in [0.05, 0.1) is 30.2 Å². The van der Waals surface area contributed by atoms with Gasteiger partial charge in [0.1, 0.15) is 5.82 Å². The maximum Gasteiger partial charge on any atom is 0.258 e. The monoisotopic (exact) mass is 353 g/mol. The predicted octanol–water partition coefficient (Wildman–Crippen LogP) is 2.47. The Morgan fingerprint density at radius 1 is 1.08 bits per heavy atom. The van der Waals surface area contributed by atoms with Gasteiger partial charge in [-0.15, -0.1) is 0 Å². The minimum absolute atomic E-state index is 0.261. The van der Waals surface area contributed by atoms with Crippen LogP contribution in [0.3, 0.4) is 0 Å². The molecule has 3 aromatic rings. The Bertz CT molecular complexity index is 950. The van der Waals surface area contributed by atoms with Gasteiger partial charge in [-0.2, -0.15) is 10.2 Å². The van der Waals surface area contributed by atoms with Crippen LogP contribution in [-0.4, -0.2) is 25.5 Å². The van der Waals surface area contributed by atoms with Crippen LogP contribution in [0.2, 0.25) is 0 Å². The zero-order valence-electron chi connectivity index (χ0n) is 12.8. The Morgan fingerprint density at radius 3 is 2.52 bits per heavy atom. The molecule has 0 saturated heterocycles. The summed E-state index contributed by atoms with van der Waals surface area (Å²) in [7, 11) is 1.65. The molecule has 1 amide bonds. The number of nitrogens with zero attached hydrogens (tertiary/aromatic N) is 4. The maximum atomic E-state index is 13.7. The van der Waals surface area contributed by atoms with E-state index in [9.17, 15) is 22.4 Å². The van der Waals surface area contributed by atoms with E-state index in [0.29, 0.717) is 5.56 Å². The van der Waals surface area contributed by atoms with E-state index in [1.807, 2.05) is 0 Å². The van der Waals surface area contributed by atoms with E-state index in [4.69, 9.17) is 0 Å². The fourth-order valence-corrected chi connectivity index (χ4v) is 2.17. The normalized spacial score (nSPS) is 10.9. The summed E-state index contributed by atoms with van der Waals surface area (Å²) in [5.41, 5.74) is -0.0997. The fourth-order valence-electron chi connectivity index (χ4n) is 2.17. The summed E-state index contributed by atoms with van der Waals surface area (Å²) in [6.07, 6.45) is 5.43. The molecular formula is C15H11F4N5O. The number of carbonyl (C=O) groups excluding carboxylic acids is 1. The zero-order valence-corrected chi connectivity index (χ0v) is 12.8. The van der Waals surface area contributed by atoms with Crippen molar-refractivity contribution in [3.63, 3.8) is 0 Å². The van der Waals surface area contributed by atoms with Crippen LogP contribution in [-0.2, 0) is 13.6 Å². The standard InChI is InChI=1S/C15H11F4N5O/c1-23-5-8(3-20-23)15(25)22-9-4-21-24(6-9)7-10-11(16)2-12(17)14(19)13(10)18/h2-6H,7H2,1H3,(H,22,25). The Hall–Kier alpha value is -3.17. The second-order valence-electron chi connectivity index (χ2n) is 5.23. The first-order valence-electron chi connectivity index (χ1n) is 6.99. The molecule has 130 valence electrons. The summed E-state index contributed by atoms with van der Waals surface area (Å²) in [4.78, 5) is 12.0. The van der Waals surface area contributed by atoms with Crippen LogP contribution in [0.15, 0.2) is 30.9 Å². The van der Waals surface area contributed by atoms with Crippen LogP contribution in [0.5, 0.6) is 0 Å². The second kappa shape index (κ2) is 6.38. The van der Waals surface area contributed by atoms with Gasteiger partial charge in [0, 0.05) is 31.1 Å². The number of aromatic nitrogens is 4. The van der Waals surface area contributed by atoms with E-state index in [0.717, 1.165) is 4.68 Å². The number of hydrogen-bond donors (Lipinski definition) is 1. The van der Waals surface area contributed by atoms with E-state index in [2.05, 4.69) is 15.5 Å². The van der Waals surface area contributed by atoms with Gasteiger partial charge in [-0.05, 0) is 0 Å². The SMILES string of the molecule is Cn1cc(C(=O)Nc2cnn(Cc3c(F)cc(F)c(F)c3F)c2)cn1. The molecular weight excluding hydrogens is 342 g/mol. The van der Waals surface area contributed by atoms with Crippen LogP contribution < -0.4 is 5.32 Å². The Balaban J connectivity index is 1.76. The van der Waals surface area contributed by atoms with Crippen molar-refractivity contribution < 1.29 is 22.4 Å². The van der Waals surface area contributed by atoms with Gasteiger partial charge in [-0.3, -0.25) is 14.2 Å². The van der Waals surface area contributed by atoms with Crippen molar-refractivity contribution in [3.8, 4) is 0 Å². The van der Waals surface area contributed by atoms with Crippen LogP contribution >= 0.6 is 0 Å². The zero-order chi connectivity index (χ0) is 18.1. The first-order valence-corrected chi connectivity index (χ1v) is 6.99. The molecule has 1 N–H and O–H groups in total. The number of amides is 1. The minimum Gasteiger partial charge on any atom is -0.319 e. The van der Waals surface area contributed by atoms with Crippen molar-refractivity contribution in [1.29, 1.82) is 0 Å². The van der Waals surface area contributed by atoms with Gasteiger partial charge in [-0.1, -0.05) is 0 Å². The van der Waals surface area contributed by atoms with Crippen LogP contribution in [0, 0.1) is 23.3 Å². The topological polar surface area (TPSA) is 64.7 Å². The molecule has 10 heteroatoms. The summed E-state index contributed by atoms with van der Waals surface area (Å²) < 4.78 is 56.0. The van der Waals surface area contributed by atoms with E-state index >= 15 is 0 Å². The van der Waals surface area contributed by atoms with E-state index in [-0.39, 0.29) is 11.8 Å². The van der Waals surface area contributed by atoms with Gasteiger partial charge >= 0.3 is 0 Å². The number of nitrogens with one attached hydrogen (secondary N) is 1. The highest BCUT2D eigenvalue weighted by molar-refractivity contribution is 6.03. The van der Waals surface area contributed by atoms with Gasteiger partial charge < -0.3 is 5.32 Å². The van der Waals surface area contributed by atoms with Gasteiger partial charge in [-0.25, -0.2) is 17.6 Å². The molecule has 0 bridgehead atoms. The van der Waals surface area contributed by atoms with Crippen molar-refractivity contribution >= 4 is 11.6 Å². The summed E-state index contributed by atoms with van der Waals surface area (Å²) in [6, 6.07) is 0.266. The lowest BCUT2D eigenvalue weighted by molar-refractivity contribution is 0.102. The first kappa shape index (κ1) is 16.7. The summed E-state index contributed by atoms with van der Waals surface area (Å²) in [6.45, 7) is -0.475. The lowest BCUT2D eigenvalue weighted by Gasteiger charge is -2.06. The molecule has 2 heterocycles. The number of benzene rings is 1. The van der Waals surface area contributed by atoms with Crippen LogP contribution in [0.1, 0.15) is 15.9 Å². The molecule has 3 rings (SSSR count). The Labute approximate surface area is 138 Å². The molecule has 0 fully saturated rings. The summed E-state index contributed by atoms with van der Waals surface area (Å²) in [5.74, 6) is -6.66. The molecule has 0 unspecified atom stereocenters. The number of carbonyl (C=O) groups is 1. The second-order valence-corrected chi connectivity index (χ2v) is 5.23. The number of anilines is 1. The predicted molar refractivity (Wildman–Crippen MR) is 78.8 cm³/mol. The van der Waals surface area contributed by atoms with Crippen LogP contribution in [0.25, 0.3) is 0 Å². The molecule has 6 nitrogen and oxygen atoms in total. The number of hydrogen-bond acceptors (Lipinski definition) is 3. The first-order chi connectivity index (χ1) is 11.8. The summed E-state index contributed by atoms with van der Waals surface area (Å²) >= 11 is 0. The summed E-state index contributed by atoms with van der Waals surface area (Å²) in [5, 5.41) is 10.2. The highest BCUT2D eigenvalue weighted by Crippen LogP contribution is 2.20. The van der Waals surface area contributed by atoms with Crippen molar-refractivity contribution in [3.05, 3.63) is 65.2 Å². The quantitative estimate of drug-likeness (QED) is 0.445. The number of rotatable bonds is 4. The van der Waals surface area contributed by atoms with E-state index in [1.165, 1.54) is 29.5 Å². The van der Waals surface area contributed by atoms with E-state index in [1.54, 1.807) is 7.05 Å². The molecule has 0 aliphatic heterocycles. The molecule has 0 aliphatic carbocycles. The number of halogens is 4. The maximum absolute atomic E-state index is 13.7. The Morgan fingerprint density at radius 2 is 1.84 bits per heavy atom. The third-order valence-electron chi connectivity index (χ3n) is 3.39. The van der Waals surface area contributed by atoms with Gasteiger partial charge in [0.25, 0.3) is 5.91 Å². The third kappa shape index (κ3) is 3.37. The van der Waals surface area contributed by atoms with Gasteiger partial charge in [0.15, 0.2) is 17.5 Å². The molecule has 0 saturated carbocycles. The van der Waals surface area contributed by atoms with E-state index < -0.39 is 41.3 Å². The average Bonchev–Trinajstić information content (AvgIpc) is 3.18. The van der Waals surface area contributed by atoms with Crippen molar-refractivity contribution in [2.24, 2.45) is 7.05 Å². The highest BCUT2D eigenvalue weighted by atomic mass is 19.2. The number of aryl methyl sites for hydroxylation is 1. The lowest BCUT2D eigenvalue weighted by atomic mass is 10.2. The molecule has 2 aromatic heterocycles. The minimum atomic E-state index is -1.76. The Kier molecular flexibility index (Phi) is 4.26. The lowest BCUT2D eigenvalue weighted by Crippen LogP contribution is -2.11. The largest absolute Gasteiger partial charge is 0.319 e. The molecule has 25 heavy (non-hydrogen) atoms. The molecule has 0 aliphatic rings. The van der Waals surface area contributed by atoms with Crippen molar-refractivity contribution in [1.82, 2.24) is 19.6 Å². The van der Waals surface area contributed by atoms with Crippen molar-refractivity contribution in [2.45, 2.75) is 6.54 Å².